The molecule has 0 spiro atoms. The van der Waals surface area contributed by atoms with Crippen LogP contribution in [0.1, 0.15) is 41.3 Å². The molecule has 1 aromatic carbocycles. The van der Waals surface area contributed by atoms with Crippen LogP contribution in [0.25, 0.3) is 0 Å². The summed E-state index contributed by atoms with van der Waals surface area (Å²) in [4.78, 5) is 25.7. The smallest absolute Gasteiger partial charge is 0.223 e. The van der Waals surface area contributed by atoms with Crippen molar-refractivity contribution in [2.75, 3.05) is 13.6 Å². The summed E-state index contributed by atoms with van der Waals surface area (Å²) in [7, 11) is 1.72. The monoisotopic (exact) mass is 276 g/mol. The van der Waals surface area contributed by atoms with Crippen molar-refractivity contribution in [3.63, 3.8) is 0 Å². The van der Waals surface area contributed by atoms with Crippen molar-refractivity contribution in [2.45, 2.75) is 39.7 Å². The van der Waals surface area contributed by atoms with E-state index in [0.29, 0.717) is 12.1 Å². The van der Waals surface area contributed by atoms with E-state index in [1.165, 1.54) is 0 Å². The lowest BCUT2D eigenvalue weighted by molar-refractivity contribution is -0.131. The van der Waals surface area contributed by atoms with Gasteiger partial charge in [-0.1, -0.05) is 17.7 Å². The Morgan fingerprint density at radius 3 is 2.50 bits per heavy atom. The molecule has 20 heavy (non-hydrogen) atoms. The molecule has 1 amide bonds. The van der Waals surface area contributed by atoms with Gasteiger partial charge in [-0.2, -0.15) is 0 Å². The minimum absolute atomic E-state index is 0.00157. The van der Waals surface area contributed by atoms with Crippen LogP contribution in [0.5, 0.6) is 0 Å². The van der Waals surface area contributed by atoms with Crippen LogP contribution in [0, 0.1) is 13.8 Å². The minimum Gasteiger partial charge on any atom is -0.342 e. The molecular weight excluding hydrogens is 252 g/mol. The molecular formula is C16H24N2O2. The van der Waals surface area contributed by atoms with Crippen molar-refractivity contribution in [3.8, 4) is 0 Å². The topological polar surface area (TPSA) is 63.4 Å². The summed E-state index contributed by atoms with van der Waals surface area (Å²) in [5, 5.41) is 0. The van der Waals surface area contributed by atoms with Crippen LogP contribution in [0.3, 0.4) is 0 Å². The Labute approximate surface area is 121 Å². The molecule has 0 aliphatic carbocycles. The highest BCUT2D eigenvalue weighted by molar-refractivity contribution is 5.99. The van der Waals surface area contributed by atoms with Crippen LogP contribution in [-0.2, 0) is 4.79 Å². The molecule has 4 nitrogen and oxygen atoms in total. The molecule has 1 atom stereocenters. The number of nitrogens with zero attached hydrogens (tertiary/aromatic N) is 1. The highest BCUT2D eigenvalue weighted by atomic mass is 16.2. The SMILES string of the molecule is Cc1ccc(C)c(C(=O)CCC(=O)N(C)C(C)CN)c1. The van der Waals surface area contributed by atoms with Gasteiger partial charge in [0.05, 0.1) is 0 Å². The lowest BCUT2D eigenvalue weighted by Crippen LogP contribution is -2.39. The molecule has 0 fully saturated rings. The fourth-order valence-corrected chi connectivity index (χ4v) is 1.97. The van der Waals surface area contributed by atoms with Gasteiger partial charge < -0.3 is 10.6 Å². The second-order valence-corrected chi connectivity index (χ2v) is 5.33. The summed E-state index contributed by atoms with van der Waals surface area (Å²) >= 11 is 0. The number of likely N-dealkylation sites (N-methyl/N-ethyl adjacent to an activating group) is 1. The van der Waals surface area contributed by atoms with E-state index in [1.807, 2.05) is 39.0 Å². The van der Waals surface area contributed by atoms with Crippen molar-refractivity contribution >= 4 is 11.7 Å². The normalized spacial score (nSPS) is 12.1. The van der Waals surface area contributed by atoms with E-state index in [9.17, 15) is 9.59 Å². The molecule has 2 N–H and O–H groups in total. The summed E-state index contributed by atoms with van der Waals surface area (Å²) in [6.07, 6.45) is 0.470. The quantitative estimate of drug-likeness (QED) is 0.809. The Morgan fingerprint density at radius 1 is 1.25 bits per heavy atom. The number of hydrogen-bond donors (Lipinski definition) is 1. The molecule has 0 saturated carbocycles. The average molecular weight is 276 g/mol. The first-order chi connectivity index (χ1) is 9.36. The average Bonchev–Trinajstić information content (AvgIpc) is 2.45. The number of aryl methyl sites for hydroxylation is 2. The van der Waals surface area contributed by atoms with Gasteiger partial charge in [-0.05, 0) is 32.4 Å². The molecule has 0 aromatic heterocycles. The Morgan fingerprint density at radius 2 is 1.90 bits per heavy atom. The third-order valence-electron chi connectivity index (χ3n) is 3.66. The van der Waals surface area contributed by atoms with Crippen LogP contribution in [-0.4, -0.2) is 36.2 Å². The lowest BCUT2D eigenvalue weighted by atomic mass is 9.99. The number of carbonyl (C=O) groups is 2. The van der Waals surface area contributed by atoms with Crippen molar-refractivity contribution in [1.82, 2.24) is 4.90 Å². The number of ketones is 1. The van der Waals surface area contributed by atoms with Gasteiger partial charge >= 0.3 is 0 Å². The van der Waals surface area contributed by atoms with E-state index in [0.717, 1.165) is 11.1 Å². The summed E-state index contributed by atoms with van der Waals surface area (Å²) in [5.41, 5.74) is 8.26. The molecule has 0 aliphatic rings. The van der Waals surface area contributed by atoms with Crippen LogP contribution >= 0.6 is 0 Å². The Bertz CT molecular complexity index is 497. The van der Waals surface area contributed by atoms with E-state index in [2.05, 4.69) is 0 Å². The fourth-order valence-electron chi connectivity index (χ4n) is 1.97. The number of carbonyl (C=O) groups excluding carboxylic acids is 2. The maximum Gasteiger partial charge on any atom is 0.223 e. The number of benzene rings is 1. The van der Waals surface area contributed by atoms with Gasteiger partial charge in [0.1, 0.15) is 0 Å². The van der Waals surface area contributed by atoms with Gasteiger partial charge in [-0.15, -0.1) is 0 Å². The maximum absolute atomic E-state index is 12.2. The second-order valence-electron chi connectivity index (χ2n) is 5.33. The third-order valence-corrected chi connectivity index (χ3v) is 3.66. The fraction of sp³-hybridized carbons (Fsp3) is 0.500. The summed E-state index contributed by atoms with van der Waals surface area (Å²) in [6.45, 7) is 6.19. The van der Waals surface area contributed by atoms with Gasteiger partial charge in [0.2, 0.25) is 5.91 Å². The zero-order chi connectivity index (χ0) is 15.3. The van der Waals surface area contributed by atoms with Gasteiger partial charge in [-0.3, -0.25) is 9.59 Å². The first-order valence-electron chi connectivity index (χ1n) is 6.93. The molecule has 0 heterocycles. The van der Waals surface area contributed by atoms with Gasteiger partial charge in [0.25, 0.3) is 0 Å². The molecule has 1 unspecified atom stereocenters. The minimum atomic E-state index is -0.0402. The molecule has 0 bridgehead atoms. The Kier molecular flexibility index (Phi) is 5.89. The first kappa shape index (κ1) is 16.4. The highest BCUT2D eigenvalue weighted by Gasteiger charge is 2.17. The molecule has 110 valence electrons. The van der Waals surface area contributed by atoms with Gasteiger partial charge in [0.15, 0.2) is 5.78 Å². The Balaban J connectivity index is 2.64. The van der Waals surface area contributed by atoms with Gasteiger partial charge in [-0.25, -0.2) is 0 Å². The maximum atomic E-state index is 12.2. The van der Waals surface area contributed by atoms with Gasteiger partial charge in [0, 0.05) is 38.0 Å². The van der Waals surface area contributed by atoms with E-state index in [1.54, 1.807) is 11.9 Å². The lowest BCUT2D eigenvalue weighted by Gasteiger charge is -2.23. The predicted octanol–water partition coefficient (Wildman–Crippen LogP) is 2.07. The van der Waals surface area contributed by atoms with E-state index >= 15 is 0 Å². The van der Waals surface area contributed by atoms with Crippen molar-refractivity contribution in [2.24, 2.45) is 5.73 Å². The number of amides is 1. The summed E-state index contributed by atoms with van der Waals surface area (Å²) in [6, 6.07) is 5.80. The molecule has 1 rings (SSSR count). The standard InChI is InChI=1S/C16H24N2O2/c1-11-5-6-12(2)14(9-11)15(19)7-8-16(20)18(4)13(3)10-17/h5-6,9,13H,7-8,10,17H2,1-4H3. The zero-order valence-electron chi connectivity index (χ0n) is 12.8. The van der Waals surface area contributed by atoms with Crippen LogP contribution in [0.2, 0.25) is 0 Å². The van der Waals surface area contributed by atoms with Crippen molar-refractivity contribution in [1.29, 1.82) is 0 Å². The zero-order valence-corrected chi connectivity index (χ0v) is 12.8. The molecule has 1 aromatic rings. The van der Waals surface area contributed by atoms with Crippen molar-refractivity contribution in [3.05, 3.63) is 34.9 Å². The summed E-state index contributed by atoms with van der Waals surface area (Å²) in [5.74, 6) is -0.0186. The summed E-state index contributed by atoms with van der Waals surface area (Å²) < 4.78 is 0. The molecule has 0 radical (unpaired) electrons. The number of Topliss-reactive ketones (excluding diaryl/α,β-unsaturated/α-hetero) is 1. The third kappa shape index (κ3) is 4.17. The number of hydrogen-bond acceptors (Lipinski definition) is 3. The van der Waals surface area contributed by atoms with E-state index < -0.39 is 0 Å². The largest absolute Gasteiger partial charge is 0.342 e. The second kappa shape index (κ2) is 7.20. The highest BCUT2D eigenvalue weighted by Crippen LogP contribution is 2.14. The number of nitrogens with two attached hydrogens (primary N) is 1. The van der Waals surface area contributed by atoms with Crippen molar-refractivity contribution < 1.29 is 9.59 Å². The van der Waals surface area contributed by atoms with Crippen LogP contribution in [0.4, 0.5) is 0 Å². The first-order valence-corrected chi connectivity index (χ1v) is 6.93. The number of rotatable bonds is 6. The van der Waals surface area contributed by atoms with Crippen LogP contribution < -0.4 is 5.73 Å². The van der Waals surface area contributed by atoms with E-state index in [-0.39, 0.29) is 30.6 Å². The molecule has 4 heteroatoms. The molecule has 0 aliphatic heterocycles. The van der Waals surface area contributed by atoms with E-state index in [4.69, 9.17) is 5.73 Å². The predicted molar refractivity (Wildman–Crippen MR) is 80.8 cm³/mol. The Hall–Kier alpha value is -1.68. The molecule has 0 saturated heterocycles. The van der Waals surface area contributed by atoms with Crippen LogP contribution in [0.15, 0.2) is 18.2 Å².